The lowest BCUT2D eigenvalue weighted by Gasteiger charge is -2.09. The van der Waals surface area contributed by atoms with Crippen molar-refractivity contribution in [1.29, 1.82) is 0 Å². The highest BCUT2D eigenvalue weighted by atomic mass is 32.2. The molecular formula is C15H24N2OS. The van der Waals surface area contributed by atoms with E-state index >= 15 is 0 Å². The number of carbonyl (C=O) groups excluding carboxylic acids is 1. The summed E-state index contributed by atoms with van der Waals surface area (Å²) in [6.07, 6.45) is 1.77. The lowest BCUT2D eigenvalue weighted by molar-refractivity contribution is -0.115. The molecule has 1 rings (SSSR count). The van der Waals surface area contributed by atoms with E-state index in [4.69, 9.17) is 5.73 Å². The van der Waals surface area contributed by atoms with Gasteiger partial charge in [0.2, 0.25) is 5.91 Å². The van der Waals surface area contributed by atoms with Crippen LogP contribution < -0.4 is 11.1 Å². The zero-order chi connectivity index (χ0) is 14.3. The van der Waals surface area contributed by atoms with E-state index in [9.17, 15) is 4.79 Å². The number of amides is 1. The third-order valence-electron chi connectivity index (χ3n) is 2.84. The molecule has 1 aromatic carbocycles. The molecule has 106 valence electrons. The predicted molar refractivity (Wildman–Crippen MR) is 85.6 cm³/mol. The van der Waals surface area contributed by atoms with Crippen LogP contribution in [0, 0.1) is 12.8 Å². The van der Waals surface area contributed by atoms with Gasteiger partial charge < -0.3 is 11.1 Å². The maximum atomic E-state index is 11.8. The molecule has 0 aliphatic heterocycles. The maximum absolute atomic E-state index is 11.8. The number of aryl methyl sites for hydroxylation is 1. The Morgan fingerprint density at radius 2 is 2.11 bits per heavy atom. The van der Waals surface area contributed by atoms with Gasteiger partial charge in [0.1, 0.15) is 0 Å². The Kier molecular flexibility index (Phi) is 6.78. The van der Waals surface area contributed by atoms with Crippen LogP contribution in [0.5, 0.6) is 0 Å². The minimum Gasteiger partial charge on any atom is -0.399 e. The van der Waals surface area contributed by atoms with E-state index in [2.05, 4.69) is 19.2 Å². The highest BCUT2D eigenvalue weighted by Crippen LogP contribution is 2.18. The number of thioether (sulfide) groups is 1. The van der Waals surface area contributed by atoms with E-state index in [0.717, 1.165) is 34.4 Å². The fourth-order valence-electron chi connectivity index (χ4n) is 1.63. The number of nitrogens with two attached hydrogens (primary N) is 1. The van der Waals surface area contributed by atoms with Gasteiger partial charge in [-0.05, 0) is 48.8 Å². The lowest BCUT2D eigenvalue weighted by atomic mass is 10.2. The number of nitrogens with one attached hydrogen (secondary N) is 1. The summed E-state index contributed by atoms with van der Waals surface area (Å²) in [6, 6.07) is 5.53. The first-order valence-corrected chi connectivity index (χ1v) is 7.88. The number of anilines is 2. The van der Waals surface area contributed by atoms with Crippen molar-refractivity contribution in [3.63, 3.8) is 0 Å². The monoisotopic (exact) mass is 280 g/mol. The first-order chi connectivity index (χ1) is 8.99. The molecule has 3 nitrogen and oxygen atoms in total. The Morgan fingerprint density at radius 3 is 2.74 bits per heavy atom. The third kappa shape index (κ3) is 6.53. The molecule has 1 aromatic rings. The minimum absolute atomic E-state index is 0.0740. The standard InChI is InChI=1S/C15H24N2OS/c1-11(2)6-8-19-9-7-15(18)17-14-5-4-13(16)10-12(14)3/h4-5,10-11H,6-9,16H2,1-3H3,(H,17,18). The van der Waals surface area contributed by atoms with Gasteiger partial charge in [0.25, 0.3) is 0 Å². The molecule has 0 aliphatic carbocycles. The normalized spacial score (nSPS) is 10.7. The number of benzene rings is 1. The zero-order valence-electron chi connectivity index (χ0n) is 12.0. The topological polar surface area (TPSA) is 55.1 Å². The van der Waals surface area contributed by atoms with Crippen LogP contribution in [0.4, 0.5) is 11.4 Å². The van der Waals surface area contributed by atoms with Crippen molar-refractivity contribution in [1.82, 2.24) is 0 Å². The summed E-state index contributed by atoms with van der Waals surface area (Å²) in [7, 11) is 0. The Morgan fingerprint density at radius 1 is 1.37 bits per heavy atom. The predicted octanol–water partition coefficient (Wildman–Crippen LogP) is 3.69. The first-order valence-electron chi connectivity index (χ1n) is 6.72. The molecule has 0 heterocycles. The van der Waals surface area contributed by atoms with Gasteiger partial charge in [-0.15, -0.1) is 0 Å². The van der Waals surface area contributed by atoms with Crippen LogP contribution >= 0.6 is 11.8 Å². The van der Waals surface area contributed by atoms with Crippen LogP contribution in [0.25, 0.3) is 0 Å². The largest absolute Gasteiger partial charge is 0.399 e. The molecule has 0 radical (unpaired) electrons. The fourth-order valence-corrected chi connectivity index (χ4v) is 2.80. The van der Waals surface area contributed by atoms with Crippen molar-refractivity contribution in [2.24, 2.45) is 5.92 Å². The van der Waals surface area contributed by atoms with Crippen molar-refractivity contribution in [2.75, 3.05) is 22.6 Å². The number of carbonyl (C=O) groups is 1. The summed E-state index contributed by atoms with van der Waals surface area (Å²) in [4.78, 5) is 11.8. The van der Waals surface area contributed by atoms with Crippen LogP contribution in [0.15, 0.2) is 18.2 Å². The summed E-state index contributed by atoms with van der Waals surface area (Å²) < 4.78 is 0. The number of nitrogen functional groups attached to an aromatic ring is 1. The second kappa shape index (κ2) is 8.10. The van der Waals surface area contributed by atoms with Crippen LogP contribution in [0.3, 0.4) is 0 Å². The molecule has 0 unspecified atom stereocenters. The molecule has 1 amide bonds. The molecule has 19 heavy (non-hydrogen) atoms. The quantitative estimate of drug-likeness (QED) is 0.591. The molecular weight excluding hydrogens is 256 g/mol. The molecule has 0 atom stereocenters. The Bertz CT molecular complexity index is 419. The van der Waals surface area contributed by atoms with Gasteiger partial charge in [0, 0.05) is 23.5 Å². The molecule has 0 spiro atoms. The van der Waals surface area contributed by atoms with Gasteiger partial charge in [0.15, 0.2) is 0 Å². The van der Waals surface area contributed by atoms with Crippen LogP contribution in [-0.4, -0.2) is 17.4 Å². The smallest absolute Gasteiger partial charge is 0.225 e. The molecule has 4 heteroatoms. The fraction of sp³-hybridized carbons (Fsp3) is 0.533. The van der Waals surface area contributed by atoms with E-state index < -0.39 is 0 Å². The van der Waals surface area contributed by atoms with Crippen molar-refractivity contribution in [2.45, 2.75) is 33.6 Å². The first kappa shape index (κ1) is 15.9. The summed E-state index contributed by atoms with van der Waals surface area (Å²) in [5.41, 5.74) is 8.26. The average molecular weight is 280 g/mol. The molecule has 0 saturated heterocycles. The minimum atomic E-state index is 0.0740. The number of hydrogen-bond donors (Lipinski definition) is 2. The second-order valence-electron chi connectivity index (χ2n) is 5.17. The van der Waals surface area contributed by atoms with Gasteiger partial charge in [-0.25, -0.2) is 0 Å². The second-order valence-corrected chi connectivity index (χ2v) is 6.39. The van der Waals surface area contributed by atoms with Gasteiger partial charge in [-0.3, -0.25) is 4.79 Å². The highest BCUT2D eigenvalue weighted by Gasteiger charge is 2.05. The van der Waals surface area contributed by atoms with E-state index in [1.807, 2.05) is 30.8 Å². The van der Waals surface area contributed by atoms with E-state index in [1.54, 1.807) is 6.07 Å². The number of rotatable bonds is 7. The lowest BCUT2D eigenvalue weighted by Crippen LogP contribution is -2.13. The Labute approximate surface area is 120 Å². The van der Waals surface area contributed by atoms with Gasteiger partial charge in [-0.2, -0.15) is 11.8 Å². The molecule has 0 aliphatic rings. The molecule has 0 fully saturated rings. The summed E-state index contributed by atoms with van der Waals surface area (Å²) in [6.45, 7) is 6.39. The van der Waals surface area contributed by atoms with E-state index in [-0.39, 0.29) is 5.91 Å². The highest BCUT2D eigenvalue weighted by molar-refractivity contribution is 7.99. The van der Waals surface area contributed by atoms with Crippen LogP contribution in [-0.2, 0) is 4.79 Å². The maximum Gasteiger partial charge on any atom is 0.225 e. The van der Waals surface area contributed by atoms with E-state index in [0.29, 0.717) is 6.42 Å². The van der Waals surface area contributed by atoms with Gasteiger partial charge >= 0.3 is 0 Å². The summed E-state index contributed by atoms with van der Waals surface area (Å²) in [5, 5.41) is 2.93. The number of hydrogen-bond acceptors (Lipinski definition) is 3. The summed E-state index contributed by atoms with van der Waals surface area (Å²) >= 11 is 1.85. The van der Waals surface area contributed by atoms with Crippen molar-refractivity contribution < 1.29 is 4.79 Å². The van der Waals surface area contributed by atoms with E-state index in [1.165, 1.54) is 6.42 Å². The van der Waals surface area contributed by atoms with Crippen molar-refractivity contribution in [3.8, 4) is 0 Å². The van der Waals surface area contributed by atoms with Crippen LogP contribution in [0.1, 0.15) is 32.3 Å². The third-order valence-corrected chi connectivity index (χ3v) is 3.85. The van der Waals surface area contributed by atoms with Crippen molar-refractivity contribution >= 4 is 29.0 Å². The average Bonchev–Trinajstić information content (AvgIpc) is 2.32. The molecule has 0 bridgehead atoms. The molecule has 0 saturated carbocycles. The Balaban J connectivity index is 2.27. The zero-order valence-corrected chi connectivity index (χ0v) is 12.8. The van der Waals surface area contributed by atoms with Gasteiger partial charge in [-0.1, -0.05) is 13.8 Å². The SMILES string of the molecule is Cc1cc(N)ccc1NC(=O)CCSCCC(C)C. The van der Waals surface area contributed by atoms with Crippen molar-refractivity contribution in [3.05, 3.63) is 23.8 Å². The molecule has 0 aromatic heterocycles. The summed E-state index contributed by atoms with van der Waals surface area (Å²) in [5.74, 6) is 2.82. The van der Waals surface area contributed by atoms with Gasteiger partial charge in [0.05, 0.1) is 0 Å². The molecule has 3 N–H and O–H groups in total. The van der Waals surface area contributed by atoms with Crippen LogP contribution in [0.2, 0.25) is 0 Å². The Hall–Kier alpha value is -1.16.